The third-order valence-electron chi connectivity index (χ3n) is 4.17. The van der Waals surface area contributed by atoms with Crippen LogP contribution in [0.1, 0.15) is 25.7 Å². The average molecular weight is 282 g/mol. The van der Waals surface area contributed by atoms with Crippen molar-refractivity contribution >= 4 is 22.4 Å². The normalized spacial score (nSPS) is 16.0. The standard InChI is InChI=1S/C18H22N2O/c21-18(11-14-20-12-4-1-5-13-20)19-17-10-6-8-15-7-2-3-9-16(15)17/h2-3,6-10H,1,4-5,11-14H2,(H,19,21). The van der Waals surface area contributed by atoms with E-state index in [-0.39, 0.29) is 5.91 Å². The Balaban J connectivity index is 1.61. The van der Waals surface area contributed by atoms with Crippen molar-refractivity contribution in [1.82, 2.24) is 4.90 Å². The van der Waals surface area contributed by atoms with Crippen LogP contribution in [0, 0.1) is 0 Å². The van der Waals surface area contributed by atoms with Crippen LogP contribution in [0.15, 0.2) is 42.5 Å². The Morgan fingerprint density at radius 3 is 2.62 bits per heavy atom. The third kappa shape index (κ3) is 3.61. The van der Waals surface area contributed by atoms with Crippen molar-refractivity contribution in [2.24, 2.45) is 0 Å². The molecule has 2 aromatic carbocycles. The van der Waals surface area contributed by atoms with E-state index in [1.807, 2.05) is 24.3 Å². The molecule has 0 aromatic heterocycles. The van der Waals surface area contributed by atoms with Crippen molar-refractivity contribution in [3.63, 3.8) is 0 Å². The molecule has 0 bridgehead atoms. The highest BCUT2D eigenvalue weighted by Crippen LogP contribution is 2.23. The number of nitrogens with one attached hydrogen (secondary N) is 1. The van der Waals surface area contributed by atoms with E-state index in [2.05, 4.69) is 28.4 Å². The van der Waals surface area contributed by atoms with Crippen LogP contribution in [-0.4, -0.2) is 30.4 Å². The summed E-state index contributed by atoms with van der Waals surface area (Å²) in [6.45, 7) is 3.15. The molecule has 1 saturated heterocycles. The summed E-state index contributed by atoms with van der Waals surface area (Å²) in [6, 6.07) is 14.2. The smallest absolute Gasteiger partial charge is 0.225 e. The summed E-state index contributed by atoms with van der Waals surface area (Å²) >= 11 is 0. The van der Waals surface area contributed by atoms with E-state index in [0.717, 1.165) is 36.1 Å². The lowest BCUT2D eigenvalue weighted by atomic mass is 10.1. The van der Waals surface area contributed by atoms with Crippen LogP contribution in [0.25, 0.3) is 10.8 Å². The third-order valence-corrected chi connectivity index (χ3v) is 4.17. The van der Waals surface area contributed by atoms with Crippen molar-refractivity contribution in [3.05, 3.63) is 42.5 Å². The maximum atomic E-state index is 12.2. The quantitative estimate of drug-likeness (QED) is 0.928. The van der Waals surface area contributed by atoms with E-state index < -0.39 is 0 Å². The fraction of sp³-hybridized carbons (Fsp3) is 0.389. The van der Waals surface area contributed by atoms with E-state index in [9.17, 15) is 4.79 Å². The van der Waals surface area contributed by atoms with E-state index in [0.29, 0.717) is 6.42 Å². The van der Waals surface area contributed by atoms with Gasteiger partial charge in [0.1, 0.15) is 0 Å². The van der Waals surface area contributed by atoms with Crippen LogP contribution < -0.4 is 5.32 Å². The zero-order valence-corrected chi connectivity index (χ0v) is 12.3. The maximum absolute atomic E-state index is 12.2. The Labute approximate surface area is 125 Å². The van der Waals surface area contributed by atoms with Crippen molar-refractivity contribution < 1.29 is 4.79 Å². The van der Waals surface area contributed by atoms with E-state index in [4.69, 9.17) is 0 Å². The molecule has 0 radical (unpaired) electrons. The lowest BCUT2D eigenvalue weighted by Crippen LogP contribution is -2.32. The van der Waals surface area contributed by atoms with Crippen LogP contribution in [0.3, 0.4) is 0 Å². The van der Waals surface area contributed by atoms with Gasteiger partial charge in [-0.2, -0.15) is 0 Å². The predicted molar refractivity (Wildman–Crippen MR) is 87.5 cm³/mol. The second-order valence-corrected chi connectivity index (χ2v) is 5.73. The number of carbonyl (C=O) groups is 1. The number of hydrogen-bond acceptors (Lipinski definition) is 2. The molecule has 3 heteroatoms. The summed E-state index contributed by atoms with van der Waals surface area (Å²) < 4.78 is 0. The van der Waals surface area contributed by atoms with Crippen molar-refractivity contribution in [2.75, 3.05) is 25.0 Å². The van der Waals surface area contributed by atoms with Gasteiger partial charge in [0, 0.05) is 24.0 Å². The molecule has 0 saturated carbocycles. The van der Waals surface area contributed by atoms with E-state index in [1.54, 1.807) is 0 Å². The lowest BCUT2D eigenvalue weighted by molar-refractivity contribution is -0.116. The van der Waals surface area contributed by atoms with Crippen LogP contribution in [-0.2, 0) is 4.79 Å². The molecule has 3 nitrogen and oxygen atoms in total. The SMILES string of the molecule is O=C(CCN1CCCCC1)Nc1cccc2ccccc12. The number of benzene rings is 2. The highest BCUT2D eigenvalue weighted by molar-refractivity contribution is 6.02. The number of likely N-dealkylation sites (tertiary alicyclic amines) is 1. The van der Waals surface area contributed by atoms with Gasteiger partial charge in [-0.25, -0.2) is 0 Å². The molecule has 1 aliphatic heterocycles. The van der Waals surface area contributed by atoms with Crippen molar-refractivity contribution in [1.29, 1.82) is 0 Å². The number of hydrogen-bond donors (Lipinski definition) is 1. The largest absolute Gasteiger partial charge is 0.325 e. The minimum Gasteiger partial charge on any atom is -0.325 e. The van der Waals surface area contributed by atoms with Crippen LogP contribution >= 0.6 is 0 Å². The first-order chi connectivity index (χ1) is 10.3. The second-order valence-electron chi connectivity index (χ2n) is 5.73. The number of fused-ring (bicyclic) bond motifs is 1. The first-order valence-electron chi connectivity index (χ1n) is 7.83. The second kappa shape index (κ2) is 6.72. The summed E-state index contributed by atoms with van der Waals surface area (Å²) in [4.78, 5) is 14.6. The maximum Gasteiger partial charge on any atom is 0.225 e. The fourth-order valence-corrected chi connectivity index (χ4v) is 2.99. The number of amides is 1. The zero-order chi connectivity index (χ0) is 14.5. The molecular weight excluding hydrogens is 260 g/mol. The molecule has 1 aliphatic rings. The summed E-state index contributed by atoms with van der Waals surface area (Å²) in [5.74, 6) is 0.108. The van der Waals surface area contributed by atoms with Gasteiger partial charge in [-0.05, 0) is 37.4 Å². The zero-order valence-electron chi connectivity index (χ0n) is 12.3. The first-order valence-corrected chi connectivity index (χ1v) is 7.83. The summed E-state index contributed by atoms with van der Waals surface area (Å²) in [7, 11) is 0. The Morgan fingerprint density at radius 2 is 1.76 bits per heavy atom. The minimum absolute atomic E-state index is 0.108. The average Bonchev–Trinajstić information content (AvgIpc) is 2.54. The molecule has 2 aromatic rings. The number of anilines is 1. The van der Waals surface area contributed by atoms with Gasteiger partial charge < -0.3 is 10.2 Å². The number of piperidine rings is 1. The topological polar surface area (TPSA) is 32.3 Å². The summed E-state index contributed by atoms with van der Waals surface area (Å²) in [5, 5.41) is 5.32. The van der Waals surface area contributed by atoms with Crippen LogP contribution in [0.2, 0.25) is 0 Å². The molecule has 3 rings (SSSR count). The Bertz CT molecular complexity index is 612. The summed E-state index contributed by atoms with van der Waals surface area (Å²) in [5.41, 5.74) is 0.914. The predicted octanol–water partition coefficient (Wildman–Crippen LogP) is 3.65. The highest BCUT2D eigenvalue weighted by atomic mass is 16.1. The number of nitrogens with zero attached hydrogens (tertiary/aromatic N) is 1. The van der Waals surface area contributed by atoms with E-state index in [1.165, 1.54) is 19.3 Å². The van der Waals surface area contributed by atoms with Crippen LogP contribution in [0.5, 0.6) is 0 Å². The van der Waals surface area contributed by atoms with Crippen LogP contribution in [0.4, 0.5) is 5.69 Å². The van der Waals surface area contributed by atoms with Gasteiger partial charge in [0.25, 0.3) is 0 Å². The molecule has 1 amide bonds. The first kappa shape index (κ1) is 14.1. The van der Waals surface area contributed by atoms with Crippen molar-refractivity contribution in [3.8, 4) is 0 Å². The molecule has 0 aliphatic carbocycles. The Morgan fingerprint density at radius 1 is 1.00 bits per heavy atom. The van der Waals surface area contributed by atoms with Gasteiger partial charge in [-0.15, -0.1) is 0 Å². The minimum atomic E-state index is 0.108. The van der Waals surface area contributed by atoms with Gasteiger partial charge in [-0.3, -0.25) is 4.79 Å². The number of rotatable bonds is 4. The van der Waals surface area contributed by atoms with Gasteiger partial charge in [0.15, 0.2) is 0 Å². The van der Waals surface area contributed by atoms with Gasteiger partial charge in [0.2, 0.25) is 5.91 Å². The molecular formula is C18H22N2O. The lowest BCUT2D eigenvalue weighted by Gasteiger charge is -2.26. The molecule has 0 spiro atoms. The van der Waals surface area contributed by atoms with Gasteiger partial charge in [-0.1, -0.05) is 42.8 Å². The monoisotopic (exact) mass is 282 g/mol. The molecule has 21 heavy (non-hydrogen) atoms. The van der Waals surface area contributed by atoms with E-state index >= 15 is 0 Å². The number of carbonyl (C=O) groups excluding carboxylic acids is 1. The van der Waals surface area contributed by atoms with Crippen molar-refractivity contribution in [2.45, 2.75) is 25.7 Å². The molecule has 0 atom stereocenters. The summed E-state index contributed by atoms with van der Waals surface area (Å²) in [6.07, 6.45) is 4.44. The highest BCUT2D eigenvalue weighted by Gasteiger charge is 2.12. The molecule has 110 valence electrons. The van der Waals surface area contributed by atoms with Gasteiger partial charge >= 0.3 is 0 Å². The Kier molecular flexibility index (Phi) is 4.51. The fourth-order valence-electron chi connectivity index (χ4n) is 2.99. The Hall–Kier alpha value is -1.87. The van der Waals surface area contributed by atoms with Gasteiger partial charge in [0.05, 0.1) is 0 Å². The molecule has 1 fully saturated rings. The molecule has 0 unspecified atom stereocenters. The molecule has 1 N–H and O–H groups in total. The molecule has 1 heterocycles.